The number of anilines is 1. The van der Waals surface area contributed by atoms with Crippen LogP contribution in [0.1, 0.15) is 17.4 Å². The van der Waals surface area contributed by atoms with Gasteiger partial charge in [0.15, 0.2) is 11.5 Å². The van der Waals surface area contributed by atoms with Crippen molar-refractivity contribution in [2.24, 2.45) is 0 Å². The molecule has 2 aromatic heterocycles. The van der Waals surface area contributed by atoms with E-state index in [0.29, 0.717) is 48.3 Å². The predicted octanol–water partition coefficient (Wildman–Crippen LogP) is 4.60. The van der Waals surface area contributed by atoms with Gasteiger partial charge >= 0.3 is 0 Å². The van der Waals surface area contributed by atoms with Crippen LogP contribution in [-0.2, 0) is 4.79 Å². The molecule has 0 saturated carbocycles. The van der Waals surface area contributed by atoms with Crippen LogP contribution in [0.25, 0.3) is 16.6 Å². The maximum Gasteiger partial charge on any atom is 0.298 e. The van der Waals surface area contributed by atoms with Gasteiger partial charge in [0.1, 0.15) is 24.7 Å². The Hall–Kier alpha value is -4.26. The average Bonchev–Trinajstić information content (AvgIpc) is 3.23. The monoisotopic (exact) mass is 442 g/mol. The lowest BCUT2D eigenvalue weighted by molar-refractivity contribution is -0.112. The highest BCUT2D eigenvalue weighted by atomic mass is 16.6. The second-order valence-corrected chi connectivity index (χ2v) is 7.50. The van der Waals surface area contributed by atoms with Gasteiger partial charge in [-0.15, -0.1) is 0 Å². The number of fused-ring (bicyclic) bond motifs is 2. The van der Waals surface area contributed by atoms with Gasteiger partial charge in [-0.25, -0.2) is 0 Å². The van der Waals surface area contributed by atoms with E-state index in [1.54, 1.807) is 28.8 Å². The van der Waals surface area contributed by atoms with Crippen molar-refractivity contribution in [1.29, 1.82) is 0 Å². The molecule has 0 saturated heterocycles. The Morgan fingerprint density at radius 1 is 0.970 bits per heavy atom. The highest BCUT2D eigenvalue weighted by molar-refractivity contribution is 6.47. The van der Waals surface area contributed by atoms with E-state index in [-0.39, 0.29) is 0 Å². The van der Waals surface area contributed by atoms with Gasteiger partial charge in [0, 0.05) is 29.0 Å². The number of rotatable bonds is 6. The molecule has 2 aromatic carbocycles. The summed E-state index contributed by atoms with van der Waals surface area (Å²) in [6, 6.07) is 20.0. The number of ether oxygens (including phenoxy) is 3. The fourth-order valence-electron chi connectivity index (χ4n) is 3.89. The van der Waals surface area contributed by atoms with Gasteiger partial charge in [-0.2, -0.15) is 0 Å². The summed E-state index contributed by atoms with van der Waals surface area (Å²) in [4.78, 5) is 26.3. The first-order valence-electron chi connectivity index (χ1n) is 10.7. The molecule has 0 spiro atoms. The minimum Gasteiger partial charge on any atom is -0.494 e. The third-order valence-corrected chi connectivity index (χ3v) is 5.38. The van der Waals surface area contributed by atoms with E-state index in [1.807, 2.05) is 55.5 Å². The third-order valence-electron chi connectivity index (χ3n) is 5.38. The molecule has 0 atom stereocenters. The zero-order valence-corrected chi connectivity index (χ0v) is 18.0. The second kappa shape index (κ2) is 8.70. The Balaban J connectivity index is 1.48. The molecule has 5 rings (SSSR count). The molecule has 3 heterocycles. The van der Waals surface area contributed by atoms with Gasteiger partial charge in [0.25, 0.3) is 11.7 Å². The van der Waals surface area contributed by atoms with Gasteiger partial charge in [-0.05, 0) is 55.0 Å². The number of aromatic nitrogens is 1. The fourth-order valence-corrected chi connectivity index (χ4v) is 3.89. The van der Waals surface area contributed by atoms with E-state index >= 15 is 0 Å². The maximum atomic E-state index is 13.4. The maximum absolute atomic E-state index is 13.4. The van der Waals surface area contributed by atoms with Crippen LogP contribution in [0, 0.1) is 0 Å². The van der Waals surface area contributed by atoms with Crippen molar-refractivity contribution in [3.63, 3.8) is 0 Å². The number of nitrogens with one attached hydrogen (secondary N) is 1. The van der Waals surface area contributed by atoms with Crippen LogP contribution >= 0.6 is 0 Å². The summed E-state index contributed by atoms with van der Waals surface area (Å²) in [7, 11) is 0. The lowest BCUT2D eigenvalue weighted by Gasteiger charge is -2.19. The van der Waals surface area contributed by atoms with Crippen molar-refractivity contribution in [3.8, 4) is 28.4 Å². The number of benzene rings is 2. The minimum absolute atomic E-state index is 0.296. The number of Topliss-reactive ketones (excluding diaryl/α,β-unsaturated/α-hetero) is 1. The summed E-state index contributed by atoms with van der Waals surface area (Å²) in [5.41, 5.74) is 3.06. The second-order valence-electron chi connectivity index (χ2n) is 7.50. The molecule has 7 nitrogen and oxygen atoms in total. The highest BCUT2D eigenvalue weighted by Crippen LogP contribution is 2.33. The molecule has 1 N–H and O–H groups in total. The lowest BCUT2D eigenvalue weighted by Crippen LogP contribution is -2.25. The van der Waals surface area contributed by atoms with E-state index < -0.39 is 11.7 Å². The number of carbonyl (C=O) groups excluding carboxylic acids is 2. The molecular weight excluding hydrogens is 420 g/mol. The molecule has 33 heavy (non-hydrogen) atoms. The molecule has 0 fully saturated rings. The average molecular weight is 442 g/mol. The Morgan fingerprint density at radius 3 is 2.55 bits per heavy atom. The smallest absolute Gasteiger partial charge is 0.298 e. The van der Waals surface area contributed by atoms with Crippen molar-refractivity contribution >= 4 is 22.9 Å². The number of carbonyl (C=O) groups is 2. The van der Waals surface area contributed by atoms with Crippen molar-refractivity contribution in [3.05, 3.63) is 78.6 Å². The summed E-state index contributed by atoms with van der Waals surface area (Å²) in [6.07, 6.45) is 1.78. The van der Waals surface area contributed by atoms with Gasteiger partial charge in [-0.3, -0.25) is 9.59 Å². The first-order chi connectivity index (χ1) is 16.1. The SMILES string of the molecule is CCOc1ccc(-c2cc3ccccn3c2C(=O)C(=O)Nc2ccc3c(c2)OCCO3)cc1. The summed E-state index contributed by atoms with van der Waals surface area (Å²) >= 11 is 0. The standard InChI is InChI=1S/C26H22N2O5/c1-2-31-20-9-6-17(7-10-20)21-16-19-5-3-4-12-28(19)24(21)25(29)26(30)27-18-8-11-22-23(15-18)33-14-13-32-22/h3-12,15-16H,2,13-14H2,1H3,(H,27,30). The van der Waals surface area contributed by atoms with Gasteiger partial charge < -0.3 is 23.9 Å². The van der Waals surface area contributed by atoms with Gasteiger partial charge in [0.05, 0.1) is 6.61 Å². The zero-order valence-electron chi connectivity index (χ0n) is 18.0. The summed E-state index contributed by atoms with van der Waals surface area (Å²) in [6.45, 7) is 3.41. The number of nitrogens with zero attached hydrogens (tertiary/aromatic N) is 1. The van der Waals surface area contributed by atoms with Crippen molar-refractivity contribution in [2.45, 2.75) is 6.92 Å². The lowest BCUT2D eigenvalue weighted by atomic mass is 10.0. The molecule has 1 amide bonds. The van der Waals surface area contributed by atoms with Crippen molar-refractivity contribution < 1.29 is 23.8 Å². The predicted molar refractivity (Wildman–Crippen MR) is 124 cm³/mol. The van der Waals surface area contributed by atoms with Gasteiger partial charge in [0.2, 0.25) is 0 Å². The van der Waals surface area contributed by atoms with Crippen LogP contribution in [-0.4, -0.2) is 35.9 Å². The molecular formula is C26H22N2O5. The number of amides is 1. The summed E-state index contributed by atoms with van der Waals surface area (Å²) < 4.78 is 18.3. The number of ketones is 1. The van der Waals surface area contributed by atoms with Crippen LogP contribution in [0.5, 0.6) is 17.2 Å². The quantitative estimate of drug-likeness (QED) is 0.349. The molecule has 0 unspecified atom stereocenters. The molecule has 1 aliphatic rings. The van der Waals surface area contributed by atoms with Crippen LogP contribution in [0.15, 0.2) is 72.9 Å². The third kappa shape index (κ3) is 4.01. The van der Waals surface area contributed by atoms with Gasteiger partial charge in [-0.1, -0.05) is 18.2 Å². The summed E-state index contributed by atoms with van der Waals surface area (Å²) in [5.74, 6) is 0.521. The normalized spacial score (nSPS) is 12.4. The van der Waals surface area contributed by atoms with Crippen LogP contribution in [0.3, 0.4) is 0 Å². The first-order valence-corrected chi connectivity index (χ1v) is 10.7. The first kappa shape index (κ1) is 20.6. The number of hydrogen-bond donors (Lipinski definition) is 1. The Bertz CT molecular complexity index is 1340. The molecule has 0 aliphatic carbocycles. The largest absolute Gasteiger partial charge is 0.494 e. The Morgan fingerprint density at radius 2 is 1.76 bits per heavy atom. The van der Waals surface area contributed by atoms with Crippen LogP contribution < -0.4 is 19.5 Å². The molecule has 7 heteroatoms. The Labute approximate surface area is 190 Å². The van der Waals surface area contributed by atoms with E-state index in [1.165, 1.54) is 0 Å². The van der Waals surface area contributed by atoms with E-state index in [9.17, 15) is 9.59 Å². The molecule has 1 aliphatic heterocycles. The molecule has 0 radical (unpaired) electrons. The summed E-state index contributed by atoms with van der Waals surface area (Å²) in [5, 5.41) is 2.69. The highest BCUT2D eigenvalue weighted by Gasteiger charge is 2.25. The molecule has 0 bridgehead atoms. The van der Waals surface area contributed by atoms with Crippen LogP contribution in [0.2, 0.25) is 0 Å². The number of pyridine rings is 1. The van der Waals surface area contributed by atoms with E-state index in [4.69, 9.17) is 14.2 Å². The Kier molecular flexibility index (Phi) is 5.44. The van der Waals surface area contributed by atoms with Crippen molar-refractivity contribution in [1.82, 2.24) is 4.40 Å². The minimum atomic E-state index is -0.734. The number of hydrogen-bond acceptors (Lipinski definition) is 5. The molecule has 4 aromatic rings. The fraction of sp³-hybridized carbons (Fsp3) is 0.154. The zero-order chi connectivity index (χ0) is 22.8. The molecule has 166 valence electrons. The van der Waals surface area contributed by atoms with Crippen molar-refractivity contribution in [2.75, 3.05) is 25.1 Å². The van der Waals surface area contributed by atoms with Crippen LogP contribution in [0.4, 0.5) is 5.69 Å². The van der Waals surface area contributed by atoms with E-state index in [0.717, 1.165) is 16.8 Å². The topological polar surface area (TPSA) is 78.3 Å². The van der Waals surface area contributed by atoms with E-state index in [2.05, 4.69) is 5.32 Å².